The Labute approximate surface area is 348 Å². The van der Waals surface area contributed by atoms with Crippen molar-refractivity contribution in [1.82, 2.24) is 4.98 Å². The van der Waals surface area contributed by atoms with Gasteiger partial charge in [0.05, 0.1) is 11.4 Å². The molecule has 12 aromatic rings. The van der Waals surface area contributed by atoms with E-state index in [1.54, 1.807) is 0 Å². The second kappa shape index (κ2) is 13.9. The highest BCUT2D eigenvalue weighted by molar-refractivity contribution is 6.22. The van der Waals surface area contributed by atoms with Gasteiger partial charge in [-0.05, 0) is 140 Å². The van der Waals surface area contributed by atoms with Gasteiger partial charge in [-0.2, -0.15) is 0 Å². The fourth-order valence-electron chi connectivity index (χ4n) is 9.36. The molecule has 0 bridgehead atoms. The van der Waals surface area contributed by atoms with Crippen molar-refractivity contribution in [3.05, 3.63) is 224 Å². The molecule has 0 saturated carbocycles. The van der Waals surface area contributed by atoms with Crippen molar-refractivity contribution in [2.24, 2.45) is 0 Å². The van der Waals surface area contributed by atoms with Crippen LogP contribution in [0.2, 0.25) is 0 Å². The van der Waals surface area contributed by atoms with E-state index < -0.39 is 0 Å². The summed E-state index contributed by atoms with van der Waals surface area (Å²) in [6, 6.07) is 82.2. The summed E-state index contributed by atoms with van der Waals surface area (Å²) < 4.78 is 0. The van der Waals surface area contributed by atoms with Gasteiger partial charge in [0.25, 0.3) is 0 Å². The molecule has 0 atom stereocenters. The molecule has 0 N–H and O–H groups in total. The number of hydrogen-bond donors (Lipinski definition) is 0. The van der Waals surface area contributed by atoms with E-state index in [1.807, 2.05) is 0 Å². The van der Waals surface area contributed by atoms with E-state index in [9.17, 15) is 0 Å². The molecule has 0 amide bonds. The number of aromatic nitrogens is 1. The van der Waals surface area contributed by atoms with Gasteiger partial charge in [0.1, 0.15) is 0 Å². The lowest BCUT2D eigenvalue weighted by Crippen LogP contribution is -1.94. The first-order chi connectivity index (χ1) is 29.7. The number of hydrogen-bond acceptors (Lipinski definition) is 1. The summed E-state index contributed by atoms with van der Waals surface area (Å²) in [6.45, 7) is 0. The number of nitrogens with zero attached hydrogens (tertiary/aromatic N) is 1. The van der Waals surface area contributed by atoms with Crippen LogP contribution in [0.1, 0.15) is 0 Å². The monoisotopic (exact) mass is 759 g/mol. The van der Waals surface area contributed by atoms with Crippen LogP contribution in [0.25, 0.3) is 121 Å². The van der Waals surface area contributed by atoms with E-state index >= 15 is 0 Å². The van der Waals surface area contributed by atoms with Crippen LogP contribution in [0.15, 0.2) is 224 Å². The van der Waals surface area contributed by atoms with Gasteiger partial charge in [-0.25, -0.2) is 4.98 Å². The van der Waals surface area contributed by atoms with Gasteiger partial charge in [-0.1, -0.05) is 182 Å². The Hall–Kier alpha value is -7.87. The summed E-state index contributed by atoms with van der Waals surface area (Å²) in [5, 5.41) is 14.7. The van der Waals surface area contributed by atoms with E-state index in [1.165, 1.54) is 92.5 Å². The van der Waals surface area contributed by atoms with Crippen LogP contribution in [-0.4, -0.2) is 4.98 Å². The quantitative estimate of drug-likeness (QED) is 0.159. The molecule has 1 heterocycles. The molecule has 0 fully saturated rings. The SMILES string of the molecule is c1ccc2cc(-c3cc(-c4ccc5ccccc5c4)nc(-c4ccc5c(-c6ccc7ccccc7c6)c6ccccc6c(-c6ccc7ccccc7c6)c5c4)c3)ccc2c1. The smallest absolute Gasteiger partial charge is 0.0715 e. The zero-order valence-electron chi connectivity index (χ0n) is 32.8. The third kappa shape index (κ3) is 5.82. The van der Waals surface area contributed by atoms with Crippen molar-refractivity contribution in [2.75, 3.05) is 0 Å². The molecule has 0 saturated heterocycles. The molecule has 0 aliphatic rings. The predicted octanol–water partition coefficient (Wildman–Crippen LogP) is 16.3. The first kappa shape index (κ1) is 34.2. The summed E-state index contributed by atoms with van der Waals surface area (Å²) in [5.74, 6) is 0. The Morgan fingerprint density at radius 3 is 1.03 bits per heavy atom. The summed E-state index contributed by atoms with van der Waals surface area (Å²) in [4.78, 5) is 5.50. The maximum Gasteiger partial charge on any atom is 0.0715 e. The standard InChI is InChI=1S/C59H37N/c1-5-15-42-31-46(25-21-38(42)11-1)51-36-56(47-26-22-39-12-2-6-16-43(39)32-47)60-57(37-51)48-29-30-54-55(35-48)59(50-28-24-41-14-4-8-18-45(41)34-50)53-20-10-9-19-52(53)58(54)49-27-23-40-13-3-7-17-44(40)33-49/h1-37H. The highest BCUT2D eigenvalue weighted by Crippen LogP contribution is 2.46. The van der Waals surface area contributed by atoms with Crippen LogP contribution >= 0.6 is 0 Å². The highest BCUT2D eigenvalue weighted by atomic mass is 14.7. The molecule has 278 valence electrons. The van der Waals surface area contributed by atoms with Crippen LogP contribution in [0.3, 0.4) is 0 Å². The molecule has 0 radical (unpaired) electrons. The van der Waals surface area contributed by atoms with Crippen molar-refractivity contribution < 1.29 is 0 Å². The molecular formula is C59H37N. The minimum atomic E-state index is 0.940. The number of rotatable bonds is 5. The molecule has 0 aliphatic carbocycles. The molecule has 1 heteroatoms. The van der Waals surface area contributed by atoms with Crippen molar-refractivity contribution in [3.8, 4) is 55.9 Å². The topological polar surface area (TPSA) is 12.9 Å². The van der Waals surface area contributed by atoms with Crippen LogP contribution in [-0.2, 0) is 0 Å². The average Bonchev–Trinajstić information content (AvgIpc) is 3.32. The molecule has 0 aliphatic heterocycles. The van der Waals surface area contributed by atoms with Gasteiger partial charge >= 0.3 is 0 Å². The fourth-order valence-corrected chi connectivity index (χ4v) is 9.36. The van der Waals surface area contributed by atoms with Gasteiger partial charge in [-0.15, -0.1) is 0 Å². The maximum atomic E-state index is 5.50. The predicted molar refractivity (Wildman–Crippen MR) is 256 cm³/mol. The Bertz CT molecular complexity index is 3570. The first-order valence-corrected chi connectivity index (χ1v) is 20.7. The van der Waals surface area contributed by atoms with Gasteiger partial charge in [-0.3, -0.25) is 0 Å². The molecule has 1 nitrogen and oxygen atoms in total. The molecule has 60 heavy (non-hydrogen) atoms. The lowest BCUT2D eigenvalue weighted by atomic mass is 9.84. The van der Waals surface area contributed by atoms with Crippen molar-refractivity contribution in [3.63, 3.8) is 0 Å². The Balaban J connectivity index is 1.14. The normalized spacial score (nSPS) is 11.7. The zero-order valence-corrected chi connectivity index (χ0v) is 32.8. The van der Waals surface area contributed by atoms with Crippen molar-refractivity contribution in [1.29, 1.82) is 0 Å². The lowest BCUT2D eigenvalue weighted by molar-refractivity contribution is 1.33. The maximum absolute atomic E-state index is 5.50. The Kier molecular flexibility index (Phi) is 7.92. The van der Waals surface area contributed by atoms with Crippen LogP contribution in [0, 0.1) is 0 Å². The van der Waals surface area contributed by atoms with Crippen molar-refractivity contribution in [2.45, 2.75) is 0 Å². The van der Waals surface area contributed by atoms with E-state index in [0.717, 1.165) is 28.1 Å². The van der Waals surface area contributed by atoms with Gasteiger partial charge in [0, 0.05) is 11.1 Å². The second-order valence-electron chi connectivity index (χ2n) is 15.9. The van der Waals surface area contributed by atoms with E-state index in [-0.39, 0.29) is 0 Å². The first-order valence-electron chi connectivity index (χ1n) is 20.7. The van der Waals surface area contributed by atoms with Gasteiger partial charge in [0.15, 0.2) is 0 Å². The van der Waals surface area contributed by atoms with E-state index in [2.05, 4.69) is 224 Å². The molecule has 12 rings (SSSR count). The number of pyridine rings is 1. The molecular weight excluding hydrogens is 723 g/mol. The third-order valence-electron chi connectivity index (χ3n) is 12.3. The zero-order chi connectivity index (χ0) is 39.6. The van der Waals surface area contributed by atoms with Gasteiger partial charge < -0.3 is 0 Å². The van der Waals surface area contributed by atoms with Crippen LogP contribution < -0.4 is 0 Å². The van der Waals surface area contributed by atoms with E-state index in [4.69, 9.17) is 4.98 Å². The molecule has 0 spiro atoms. The average molecular weight is 760 g/mol. The number of benzene rings is 11. The van der Waals surface area contributed by atoms with Crippen molar-refractivity contribution >= 4 is 64.6 Å². The fraction of sp³-hybridized carbons (Fsp3) is 0. The second-order valence-corrected chi connectivity index (χ2v) is 15.9. The van der Waals surface area contributed by atoms with E-state index in [0.29, 0.717) is 0 Å². The lowest BCUT2D eigenvalue weighted by Gasteiger charge is -2.19. The van der Waals surface area contributed by atoms with Crippen LogP contribution in [0.4, 0.5) is 0 Å². The molecule has 1 aromatic heterocycles. The molecule has 0 unspecified atom stereocenters. The Morgan fingerprint density at radius 2 is 0.533 bits per heavy atom. The third-order valence-corrected chi connectivity index (χ3v) is 12.3. The van der Waals surface area contributed by atoms with Crippen LogP contribution in [0.5, 0.6) is 0 Å². The summed E-state index contributed by atoms with van der Waals surface area (Å²) in [5.41, 5.74) is 11.3. The highest BCUT2D eigenvalue weighted by Gasteiger charge is 2.19. The minimum absolute atomic E-state index is 0.940. The summed E-state index contributed by atoms with van der Waals surface area (Å²) in [7, 11) is 0. The summed E-state index contributed by atoms with van der Waals surface area (Å²) >= 11 is 0. The summed E-state index contributed by atoms with van der Waals surface area (Å²) in [6.07, 6.45) is 0. The van der Waals surface area contributed by atoms with Gasteiger partial charge in [0.2, 0.25) is 0 Å². The molecule has 11 aromatic carbocycles. The number of fused-ring (bicyclic) bond motifs is 6. The Morgan fingerprint density at radius 1 is 0.200 bits per heavy atom. The largest absolute Gasteiger partial charge is 0.248 e. The minimum Gasteiger partial charge on any atom is -0.248 e.